The number of aromatic nitrogens is 2. The summed E-state index contributed by atoms with van der Waals surface area (Å²) in [6.07, 6.45) is 0.649. The molecule has 33 heavy (non-hydrogen) atoms. The molecule has 0 N–H and O–H groups in total. The summed E-state index contributed by atoms with van der Waals surface area (Å²) >= 11 is 8.17. The van der Waals surface area contributed by atoms with Gasteiger partial charge < -0.3 is 14.5 Å². The lowest BCUT2D eigenvalue weighted by Gasteiger charge is -2.38. The van der Waals surface area contributed by atoms with Crippen LogP contribution in [0, 0.1) is 0 Å². The molecule has 1 saturated heterocycles. The summed E-state index contributed by atoms with van der Waals surface area (Å²) in [5.41, 5.74) is 0.517. The molecule has 176 valence electrons. The number of hydrogen-bond donors (Lipinski definition) is 0. The van der Waals surface area contributed by atoms with Gasteiger partial charge in [0.05, 0.1) is 36.0 Å². The van der Waals surface area contributed by atoms with Crippen molar-refractivity contribution in [2.45, 2.75) is 17.1 Å². The van der Waals surface area contributed by atoms with E-state index in [-0.39, 0.29) is 29.9 Å². The third-order valence-corrected chi connectivity index (χ3v) is 9.37. The number of piperazine rings is 1. The van der Waals surface area contributed by atoms with E-state index >= 15 is 0 Å². The fraction of sp³-hybridized carbons (Fsp3) is 0.368. The minimum atomic E-state index is -4.02. The van der Waals surface area contributed by atoms with Gasteiger partial charge in [0.15, 0.2) is 0 Å². The smallest absolute Gasteiger partial charge is 0.271 e. The van der Waals surface area contributed by atoms with E-state index in [4.69, 9.17) is 16.3 Å². The Labute approximate surface area is 203 Å². The molecule has 1 fully saturated rings. The number of methoxy groups -OCH3 is 1. The predicted molar refractivity (Wildman–Crippen MR) is 125 cm³/mol. The standard InChI is InChI=1S/C19H20ClN5O5S3/c1-23(2)18(27)14-7-21-15(31-14)8-25-16(26)9-24(10-17(25)30-3)33(28,29)19-22-12-5-4-11(20)6-13(12)32-19/h4-7,17H,8-10H2,1-3H3. The van der Waals surface area contributed by atoms with Crippen molar-refractivity contribution < 1.29 is 22.7 Å². The molecule has 2 aromatic heterocycles. The molecule has 3 heterocycles. The largest absolute Gasteiger partial charge is 0.360 e. The van der Waals surface area contributed by atoms with Crippen LogP contribution in [0.4, 0.5) is 0 Å². The summed E-state index contributed by atoms with van der Waals surface area (Å²) in [6, 6.07) is 4.94. The van der Waals surface area contributed by atoms with Crippen LogP contribution in [0.2, 0.25) is 5.02 Å². The maximum Gasteiger partial charge on any atom is 0.271 e. The Bertz CT molecular complexity index is 1320. The van der Waals surface area contributed by atoms with Crippen LogP contribution in [0.15, 0.2) is 28.7 Å². The van der Waals surface area contributed by atoms with Crippen molar-refractivity contribution in [2.24, 2.45) is 0 Å². The van der Waals surface area contributed by atoms with E-state index in [1.165, 1.54) is 34.4 Å². The summed E-state index contributed by atoms with van der Waals surface area (Å²) in [5.74, 6) is -0.613. The maximum atomic E-state index is 13.2. The maximum absolute atomic E-state index is 13.2. The minimum absolute atomic E-state index is 0.0594. The predicted octanol–water partition coefficient (Wildman–Crippen LogP) is 2.11. The first-order valence-corrected chi connectivity index (χ1v) is 13.1. The SMILES string of the molecule is COC1CN(S(=O)(=O)c2nc3ccc(Cl)cc3s2)CC(=O)N1Cc1ncc(C(=O)N(C)C)s1. The zero-order chi connectivity index (χ0) is 23.9. The second-order valence-electron chi connectivity index (χ2n) is 7.42. The average molecular weight is 530 g/mol. The van der Waals surface area contributed by atoms with Crippen LogP contribution in [-0.4, -0.2) is 84.8 Å². The molecule has 1 aliphatic heterocycles. The van der Waals surface area contributed by atoms with E-state index in [1.807, 2.05) is 0 Å². The quantitative estimate of drug-likeness (QED) is 0.480. The Hall–Kier alpha value is -2.16. The first-order chi connectivity index (χ1) is 15.6. The molecule has 1 aromatic carbocycles. The minimum Gasteiger partial charge on any atom is -0.360 e. The lowest BCUT2D eigenvalue weighted by molar-refractivity contribution is -0.153. The van der Waals surface area contributed by atoms with Crippen molar-refractivity contribution in [1.82, 2.24) is 24.1 Å². The molecule has 1 atom stereocenters. The Balaban J connectivity index is 1.54. The molecule has 0 aliphatic carbocycles. The average Bonchev–Trinajstić information content (AvgIpc) is 3.41. The summed E-state index contributed by atoms with van der Waals surface area (Å²) in [6.45, 7) is -0.305. The van der Waals surface area contributed by atoms with Crippen LogP contribution in [0.5, 0.6) is 0 Å². The third-order valence-electron chi connectivity index (χ3n) is 4.98. The van der Waals surface area contributed by atoms with Gasteiger partial charge in [-0.2, -0.15) is 4.31 Å². The second-order valence-corrected chi connectivity index (χ2v) is 12.1. The lowest BCUT2D eigenvalue weighted by Crippen LogP contribution is -2.57. The number of halogens is 1. The first kappa shape index (κ1) is 24.0. The van der Waals surface area contributed by atoms with Gasteiger partial charge in [-0.25, -0.2) is 18.4 Å². The number of carbonyl (C=O) groups excluding carboxylic acids is 2. The topological polar surface area (TPSA) is 113 Å². The number of carbonyl (C=O) groups is 2. The Morgan fingerprint density at radius 1 is 1.33 bits per heavy atom. The highest BCUT2D eigenvalue weighted by Crippen LogP contribution is 2.31. The Kier molecular flexibility index (Phi) is 6.71. The summed E-state index contributed by atoms with van der Waals surface area (Å²) < 4.78 is 33.5. The van der Waals surface area contributed by atoms with Gasteiger partial charge in [0, 0.05) is 26.2 Å². The van der Waals surface area contributed by atoms with E-state index < -0.39 is 22.2 Å². The molecule has 3 aromatic rings. The van der Waals surface area contributed by atoms with Crippen molar-refractivity contribution in [1.29, 1.82) is 0 Å². The number of benzene rings is 1. The van der Waals surface area contributed by atoms with E-state index in [0.717, 1.165) is 15.6 Å². The molecule has 0 bridgehead atoms. The number of ether oxygens (including phenoxy) is 1. The van der Waals surface area contributed by atoms with E-state index in [2.05, 4.69) is 9.97 Å². The van der Waals surface area contributed by atoms with Gasteiger partial charge in [0.1, 0.15) is 16.1 Å². The molecule has 1 unspecified atom stereocenters. The fourth-order valence-electron chi connectivity index (χ4n) is 3.26. The highest BCUT2D eigenvalue weighted by atomic mass is 35.5. The number of sulfonamides is 1. The molecule has 1 aliphatic rings. The molecule has 14 heteroatoms. The van der Waals surface area contributed by atoms with E-state index in [1.54, 1.807) is 32.3 Å². The van der Waals surface area contributed by atoms with Crippen molar-refractivity contribution >= 4 is 66.3 Å². The molecular formula is C19H20ClN5O5S3. The number of thiazole rings is 2. The van der Waals surface area contributed by atoms with Crippen LogP contribution in [0.1, 0.15) is 14.7 Å². The summed E-state index contributed by atoms with van der Waals surface area (Å²) in [5, 5.41) is 1.03. The van der Waals surface area contributed by atoms with Crippen molar-refractivity contribution in [3.05, 3.63) is 39.3 Å². The monoisotopic (exact) mass is 529 g/mol. The van der Waals surface area contributed by atoms with Gasteiger partial charge in [0.25, 0.3) is 15.9 Å². The van der Waals surface area contributed by atoms with Crippen LogP contribution >= 0.6 is 34.3 Å². The van der Waals surface area contributed by atoms with Crippen molar-refractivity contribution in [2.75, 3.05) is 34.3 Å². The van der Waals surface area contributed by atoms with Crippen LogP contribution < -0.4 is 0 Å². The molecule has 2 amide bonds. The van der Waals surface area contributed by atoms with Crippen LogP contribution in [-0.2, 0) is 26.1 Å². The highest BCUT2D eigenvalue weighted by molar-refractivity contribution is 7.91. The first-order valence-electron chi connectivity index (χ1n) is 9.65. The Morgan fingerprint density at radius 3 is 2.79 bits per heavy atom. The fourth-order valence-corrected chi connectivity index (χ4v) is 7.22. The van der Waals surface area contributed by atoms with Crippen molar-refractivity contribution in [3.63, 3.8) is 0 Å². The molecule has 10 nitrogen and oxygen atoms in total. The van der Waals surface area contributed by atoms with Crippen molar-refractivity contribution in [3.8, 4) is 0 Å². The van der Waals surface area contributed by atoms with Crippen LogP contribution in [0.25, 0.3) is 10.2 Å². The van der Waals surface area contributed by atoms with Gasteiger partial charge >= 0.3 is 0 Å². The number of hydrogen-bond acceptors (Lipinski definition) is 9. The molecule has 4 rings (SSSR count). The van der Waals surface area contributed by atoms with E-state index in [9.17, 15) is 18.0 Å². The van der Waals surface area contributed by atoms with Gasteiger partial charge in [-0.3, -0.25) is 9.59 Å². The number of rotatable bonds is 6. The lowest BCUT2D eigenvalue weighted by atomic mass is 10.3. The summed E-state index contributed by atoms with van der Waals surface area (Å²) in [7, 11) is 0.677. The summed E-state index contributed by atoms with van der Waals surface area (Å²) in [4.78, 5) is 36.8. The van der Waals surface area contributed by atoms with Gasteiger partial charge in [-0.05, 0) is 18.2 Å². The number of amides is 2. The van der Waals surface area contributed by atoms with E-state index in [0.29, 0.717) is 25.1 Å². The molecule has 0 radical (unpaired) electrons. The molecule has 0 spiro atoms. The number of nitrogens with zero attached hydrogens (tertiary/aromatic N) is 5. The van der Waals surface area contributed by atoms with Crippen LogP contribution in [0.3, 0.4) is 0 Å². The van der Waals surface area contributed by atoms with Gasteiger partial charge in [0.2, 0.25) is 10.2 Å². The highest BCUT2D eigenvalue weighted by Gasteiger charge is 2.40. The van der Waals surface area contributed by atoms with Gasteiger partial charge in [-0.1, -0.05) is 11.6 Å². The molecular weight excluding hydrogens is 510 g/mol. The second kappa shape index (κ2) is 9.24. The Morgan fingerprint density at radius 2 is 2.09 bits per heavy atom. The zero-order valence-electron chi connectivity index (χ0n) is 17.9. The normalized spacial score (nSPS) is 17.6. The van der Waals surface area contributed by atoms with Gasteiger partial charge in [-0.15, -0.1) is 22.7 Å². The zero-order valence-corrected chi connectivity index (χ0v) is 21.1. The molecule has 0 saturated carbocycles. The third kappa shape index (κ3) is 4.74. The number of fused-ring (bicyclic) bond motifs is 1.